The van der Waals surface area contributed by atoms with Crippen molar-refractivity contribution >= 4 is 46.3 Å². The molecule has 4 aromatic carbocycles. The molecule has 9 nitrogen and oxygen atoms in total. The lowest BCUT2D eigenvalue weighted by molar-refractivity contribution is -0.385. The van der Waals surface area contributed by atoms with Crippen LogP contribution in [0.3, 0.4) is 0 Å². The van der Waals surface area contributed by atoms with Crippen molar-refractivity contribution < 1.29 is 19.3 Å². The maximum absolute atomic E-state index is 10.8. The molecule has 0 aliphatic carbocycles. The Morgan fingerprint density at radius 2 is 1.02 bits per heavy atom. The molecular formula is C38H42ClN3O6. The van der Waals surface area contributed by atoms with Gasteiger partial charge in [-0.2, -0.15) is 0 Å². The number of allylic oxidation sites excluding steroid dienone is 2. The average Bonchev–Trinajstić information content (AvgIpc) is 3.10. The molecule has 0 spiro atoms. The summed E-state index contributed by atoms with van der Waals surface area (Å²) in [7, 11) is 4.03. The van der Waals surface area contributed by atoms with Crippen LogP contribution < -0.4 is 9.47 Å². The summed E-state index contributed by atoms with van der Waals surface area (Å²) in [4.78, 5) is 22.8. The topological polar surface area (TPSA) is 108 Å². The minimum atomic E-state index is -0.390. The Kier molecular flexibility index (Phi) is 15.3. The van der Waals surface area contributed by atoms with E-state index in [0.29, 0.717) is 19.1 Å². The van der Waals surface area contributed by atoms with Crippen LogP contribution in [-0.2, 0) is 0 Å². The van der Waals surface area contributed by atoms with Crippen LogP contribution in [0.15, 0.2) is 97.1 Å². The number of ether oxygens (including phenoxy) is 2. The number of non-ortho nitro benzene ring substituents is 2. The maximum atomic E-state index is 10.8. The number of hydrogen-bond donors (Lipinski definition) is 0. The van der Waals surface area contributed by atoms with Gasteiger partial charge in [0.1, 0.15) is 24.7 Å². The standard InChI is InChI=1S/C20H24N2O3.C18H18ClNO3/c1-4-17(18-7-9-19(10-8-18)22(23)24)15-16-5-11-20(12-6-16)25-14-13-21(2)3;1-2-15(16-5-7-17(8-6-16)20(21)22)13-14-3-9-18(10-4-14)23-12-11-19/h5-12,15H,4,13-14H2,1-3H3;3-10,13H,2,11-12H2,1H3/b17-15-;15-13-. The van der Waals surface area contributed by atoms with Gasteiger partial charge in [0.25, 0.3) is 11.4 Å². The number of alkyl halides is 1. The quantitative estimate of drug-likeness (QED) is 0.0536. The number of rotatable bonds is 15. The monoisotopic (exact) mass is 671 g/mol. The van der Waals surface area contributed by atoms with Gasteiger partial charge in [-0.1, -0.05) is 50.3 Å². The second-order valence-electron chi connectivity index (χ2n) is 11.0. The van der Waals surface area contributed by atoms with Gasteiger partial charge >= 0.3 is 0 Å². The maximum Gasteiger partial charge on any atom is 0.269 e. The predicted molar refractivity (Wildman–Crippen MR) is 196 cm³/mol. The lowest BCUT2D eigenvalue weighted by Crippen LogP contribution is -2.19. The Hall–Kier alpha value is -4.99. The highest BCUT2D eigenvalue weighted by atomic mass is 35.5. The summed E-state index contributed by atoms with van der Waals surface area (Å²) in [6, 6.07) is 29.0. The number of nitro benzene ring substituents is 2. The van der Waals surface area contributed by atoms with E-state index in [4.69, 9.17) is 21.1 Å². The van der Waals surface area contributed by atoms with E-state index in [0.717, 1.165) is 64.3 Å². The van der Waals surface area contributed by atoms with Crippen LogP contribution in [0.1, 0.15) is 48.9 Å². The molecule has 0 unspecified atom stereocenters. The molecule has 0 N–H and O–H groups in total. The molecule has 0 aliphatic heterocycles. The molecule has 0 radical (unpaired) electrons. The van der Waals surface area contributed by atoms with Crippen molar-refractivity contribution in [2.75, 3.05) is 39.7 Å². The first-order chi connectivity index (χ1) is 23.1. The molecule has 252 valence electrons. The van der Waals surface area contributed by atoms with Crippen molar-refractivity contribution in [2.45, 2.75) is 26.7 Å². The van der Waals surface area contributed by atoms with Crippen molar-refractivity contribution in [3.05, 3.63) is 140 Å². The zero-order chi connectivity index (χ0) is 34.9. The van der Waals surface area contributed by atoms with Crippen LogP contribution in [0.4, 0.5) is 11.4 Å². The summed E-state index contributed by atoms with van der Waals surface area (Å²) in [6.45, 7) is 6.16. The minimum Gasteiger partial charge on any atom is -0.492 e. The molecule has 48 heavy (non-hydrogen) atoms. The van der Waals surface area contributed by atoms with Crippen molar-refractivity contribution in [3.8, 4) is 11.5 Å². The van der Waals surface area contributed by atoms with E-state index in [1.807, 2.05) is 62.6 Å². The van der Waals surface area contributed by atoms with E-state index in [1.165, 1.54) is 12.1 Å². The van der Waals surface area contributed by atoms with Crippen LogP contribution in [0, 0.1) is 20.2 Å². The minimum absolute atomic E-state index is 0.102. The van der Waals surface area contributed by atoms with Crippen LogP contribution in [-0.4, -0.2) is 54.5 Å². The van der Waals surface area contributed by atoms with E-state index in [1.54, 1.807) is 36.4 Å². The van der Waals surface area contributed by atoms with E-state index in [9.17, 15) is 20.2 Å². The van der Waals surface area contributed by atoms with Gasteiger partial charge in [-0.3, -0.25) is 20.2 Å². The Bertz CT molecular complexity index is 1650. The Balaban J connectivity index is 0.000000261. The van der Waals surface area contributed by atoms with E-state index in [2.05, 4.69) is 30.9 Å². The van der Waals surface area contributed by atoms with Crippen molar-refractivity contribution in [1.29, 1.82) is 0 Å². The number of halogens is 1. The summed E-state index contributed by atoms with van der Waals surface area (Å²) < 4.78 is 11.1. The van der Waals surface area contributed by atoms with Gasteiger partial charge in [-0.25, -0.2) is 0 Å². The molecule has 0 saturated carbocycles. The molecule has 4 rings (SSSR count). The SMILES string of the molecule is CC/C(=C/c1ccc(OCCCl)cc1)c1ccc([N+](=O)[O-])cc1.CC/C(=C/c1ccc(OCCN(C)C)cc1)c1ccc([N+](=O)[O-])cc1. The largest absolute Gasteiger partial charge is 0.492 e. The molecule has 4 aromatic rings. The van der Waals surface area contributed by atoms with Crippen molar-refractivity contribution in [3.63, 3.8) is 0 Å². The fourth-order valence-electron chi connectivity index (χ4n) is 4.60. The molecular weight excluding hydrogens is 630 g/mol. The third kappa shape index (κ3) is 12.3. The van der Waals surface area contributed by atoms with Crippen LogP contribution >= 0.6 is 11.6 Å². The lowest BCUT2D eigenvalue weighted by atomic mass is 10.0. The van der Waals surface area contributed by atoms with Gasteiger partial charge in [-0.15, -0.1) is 11.6 Å². The number of likely N-dealkylation sites (N-methyl/N-ethyl adjacent to an activating group) is 1. The van der Waals surface area contributed by atoms with Gasteiger partial charge in [0.2, 0.25) is 0 Å². The predicted octanol–water partition coefficient (Wildman–Crippen LogP) is 9.65. The lowest BCUT2D eigenvalue weighted by Gasteiger charge is -2.11. The van der Waals surface area contributed by atoms with Crippen molar-refractivity contribution in [2.24, 2.45) is 0 Å². The Morgan fingerprint density at radius 1 is 0.646 bits per heavy atom. The normalized spacial score (nSPS) is 11.5. The molecule has 10 heteroatoms. The van der Waals surface area contributed by atoms with Crippen LogP contribution in [0.25, 0.3) is 23.3 Å². The summed E-state index contributed by atoms with van der Waals surface area (Å²) in [6.07, 6.45) is 5.86. The van der Waals surface area contributed by atoms with E-state index in [-0.39, 0.29) is 16.3 Å². The summed E-state index contributed by atoms with van der Waals surface area (Å²) >= 11 is 5.59. The Morgan fingerprint density at radius 3 is 1.33 bits per heavy atom. The van der Waals surface area contributed by atoms with Crippen molar-refractivity contribution in [1.82, 2.24) is 4.90 Å². The fraction of sp³-hybridized carbons (Fsp3) is 0.263. The third-order valence-electron chi connectivity index (χ3n) is 7.25. The van der Waals surface area contributed by atoms with Gasteiger partial charge in [0.15, 0.2) is 0 Å². The van der Waals surface area contributed by atoms with Crippen LogP contribution in [0.2, 0.25) is 0 Å². The Labute approximate surface area is 287 Å². The number of benzene rings is 4. The molecule has 0 amide bonds. The highest BCUT2D eigenvalue weighted by Crippen LogP contribution is 2.26. The summed E-state index contributed by atoms with van der Waals surface area (Å²) in [5, 5.41) is 21.5. The van der Waals surface area contributed by atoms with E-state index < -0.39 is 4.92 Å². The number of hydrogen-bond acceptors (Lipinski definition) is 7. The zero-order valence-electron chi connectivity index (χ0n) is 27.8. The highest BCUT2D eigenvalue weighted by molar-refractivity contribution is 6.18. The van der Waals surface area contributed by atoms with Gasteiger partial charge in [-0.05, 0) is 109 Å². The van der Waals surface area contributed by atoms with Crippen LogP contribution in [0.5, 0.6) is 11.5 Å². The van der Waals surface area contributed by atoms with Gasteiger partial charge < -0.3 is 14.4 Å². The third-order valence-corrected chi connectivity index (χ3v) is 7.41. The average molecular weight is 672 g/mol. The van der Waals surface area contributed by atoms with Gasteiger partial charge in [0.05, 0.1) is 15.7 Å². The first-order valence-electron chi connectivity index (χ1n) is 15.7. The molecule has 0 aromatic heterocycles. The smallest absolute Gasteiger partial charge is 0.269 e. The summed E-state index contributed by atoms with van der Waals surface area (Å²) in [5.41, 5.74) is 6.59. The van der Waals surface area contributed by atoms with Gasteiger partial charge in [0, 0.05) is 30.8 Å². The molecule has 0 fully saturated rings. The molecule has 0 aliphatic rings. The number of nitrogens with zero attached hydrogens (tertiary/aromatic N) is 3. The number of nitro groups is 2. The molecule has 0 saturated heterocycles. The molecule has 0 atom stereocenters. The second-order valence-corrected chi connectivity index (χ2v) is 11.4. The second kappa shape index (κ2) is 19.6. The first kappa shape index (κ1) is 37.5. The molecule has 0 heterocycles. The summed E-state index contributed by atoms with van der Waals surface area (Å²) in [5.74, 6) is 2.10. The van der Waals surface area contributed by atoms with E-state index >= 15 is 0 Å². The first-order valence-corrected chi connectivity index (χ1v) is 16.2. The molecule has 0 bridgehead atoms. The zero-order valence-corrected chi connectivity index (χ0v) is 28.6. The highest BCUT2D eigenvalue weighted by Gasteiger charge is 2.08. The fourth-order valence-corrected chi connectivity index (χ4v) is 4.68.